The molecule has 0 fully saturated rings. The van der Waals surface area contributed by atoms with Crippen LogP contribution in [0, 0.1) is 11.3 Å². The van der Waals surface area contributed by atoms with Gasteiger partial charge in [0.2, 0.25) is 5.95 Å². The van der Waals surface area contributed by atoms with E-state index in [2.05, 4.69) is 20.3 Å². The monoisotopic (exact) mass is 466 g/mol. The molecule has 1 aromatic carbocycles. The van der Waals surface area contributed by atoms with E-state index in [0.29, 0.717) is 22.5 Å². The molecule has 0 atom stereocenters. The number of benzene rings is 1. The Morgan fingerprint density at radius 1 is 1.13 bits per heavy atom. The number of anilines is 3. The molecule has 0 aliphatic rings. The lowest BCUT2D eigenvalue weighted by molar-refractivity contribution is -0.137. The van der Waals surface area contributed by atoms with Gasteiger partial charge in [0.05, 0.1) is 22.5 Å². The number of alkyl halides is 3. The standard InChI is InChI=1S/C20H15Cl2F3N6/c21-16-5-4-14(9-17(16)22)29-19-28-11-15(20(23,24)25)18(30-19)31(8-2-6-26)12-13-3-1-7-27-10-13/h1,3-5,7,9-11H,2,8,12H2,(H,28,29,30). The Balaban J connectivity index is 2.01. The van der Waals surface area contributed by atoms with Crippen LogP contribution in [0.1, 0.15) is 17.5 Å². The highest BCUT2D eigenvalue weighted by Crippen LogP contribution is 2.36. The highest BCUT2D eigenvalue weighted by molar-refractivity contribution is 6.42. The number of hydrogen-bond donors (Lipinski definition) is 1. The maximum Gasteiger partial charge on any atom is 0.421 e. The molecule has 0 bridgehead atoms. The van der Waals surface area contributed by atoms with Crippen molar-refractivity contribution < 1.29 is 13.2 Å². The molecule has 6 nitrogen and oxygen atoms in total. The maximum atomic E-state index is 13.7. The lowest BCUT2D eigenvalue weighted by Gasteiger charge is -2.26. The molecule has 0 amide bonds. The van der Waals surface area contributed by atoms with E-state index in [0.717, 1.165) is 0 Å². The first-order valence-electron chi connectivity index (χ1n) is 8.95. The summed E-state index contributed by atoms with van der Waals surface area (Å²) >= 11 is 11.9. The number of aromatic nitrogens is 3. The summed E-state index contributed by atoms with van der Waals surface area (Å²) in [6.45, 7) is 0.125. The second-order valence-electron chi connectivity index (χ2n) is 6.37. The van der Waals surface area contributed by atoms with E-state index in [9.17, 15) is 13.2 Å². The molecule has 2 aromatic heterocycles. The Morgan fingerprint density at radius 3 is 2.58 bits per heavy atom. The van der Waals surface area contributed by atoms with E-state index in [-0.39, 0.29) is 36.3 Å². The van der Waals surface area contributed by atoms with Gasteiger partial charge in [0.25, 0.3) is 0 Å². The van der Waals surface area contributed by atoms with Crippen molar-refractivity contribution in [3.8, 4) is 6.07 Å². The molecule has 2 heterocycles. The molecule has 3 rings (SSSR count). The van der Waals surface area contributed by atoms with E-state index >= 15 is 0 Å². The fourth-order valence-electron chi connectivity index (χ4n) is 2.73. The van der Waals surface area contributed by atoms with Crippen LogP contribution >= 0.6 is 23.2 Å². The minimum absolute atomic E-state index is 0.0110. The smallest absolute Gasteiger partial charge is 0.351 e. The van der Waals surface area contributed by atoms with E-state index in [4.69, 9.17) is 28.5 Å². The van der Waals surface area contributed by atoms with Crippen LogP contribution < -0.4 is 10.2 Å². The Labute approximate surface area is 186 Å². The Hall–Kier alpha value is -3.09. The minimum atomic E-state index is -4.68. The summed E-state index contributed by atoms with van der Waals surface area (Å²) in [5.41, 5.74) is 0.121. The van der Waals surface area contributed by atoms with E-state index in [1.807, 2.05) is 6.07 Å². The Bertz CT molecular complexity index is 1090. The van der Waals surface area contributed by atoms with Crippen LogP contribution in [0.2, 0.25) is 10.0 Å². The first kappa shape index (κ1) is 22.6. The number of nitrogens with one attached hydrogen (secondary N) is 1. The molecule has 0 unspecified atom stereocenters. The van der Waals surface area contributed by atoms with Crippen LogP contribution in [0.5, 0.6) is 0 Å². The van der Waals surface area contributed by atoms with Crippen LogP contribution in [0.4, 0.5) is 30.6 Å². The van der Waals surface area contributed by atoms with Crippen molar-refractivity contribution in [2.45, 2.75) is 19.1 Å². The molecule has 31 heavy (non-hydrogen) atoms. The minimum Gasteiger partial charge on any atom is -0.351 e. The van der Waals surface area contributed by atoms with Crippen molar-refractivity contribution in [1.82, 2.24) is 15.0 Å². The van der Waals surface area contributed by atoms with Gasteiger partial charge in [0.1, 0.15) is 11.4 Å². The lowest BCUT2D eigenvalue weighted by Crippen LogP contribution is -2.28. The highest BCUT2D eigenvalue weighted by atomic mass is 35.5. The summed E-state index contributed by atoms with van der Waals surface area (Å²) < 4.78 is 41.1. The van der Waals surface area contributed by atoms with Crippen molar-refractivity contribution >= 4 is 40.7 Å². The normalized spacial score (nSPS) is 11.1. The van der Waals surface area contributed by atoms with Gasteiger partial charge in [-0.1, -0.05) is 29.3 Å². The summed E-state index contributed by atoms with van der Waals surface area (Å²) in [7, 11) is 0. The van der Waals surface area contributed by atoms with Crippen molar-refractivity contribution in [2.24, 2.45) is 0 Å². The second-order valence-corrected chi connectivity index (χ2v) is 7.19. The topological polar surface area (TPSA) is 77.7 Å². The molecule has 3 aromatic rings. The molecule has 0 saturated carbocycles. The van der Waals surface area contributed by atoms with Crippen LogP contribution in [0.25, 0.3) is 0 Å². The fourth-order valence-corrected chi connectivity index (χ4v) is 3.03. The number of hydrogen-bond acceptors (Lipinski definition) is 6. The van der Waals surface area contributed by atoms with Crippen molar-refractivity contribution in [2.75, 3.05) is 16.8 Å². The van der Waals surface area contributed by atoms with E-state index < -0.39 is 11.7 Å². The maximum absolute atomic E-state index is 13.7. The summed E-state index contributed by atoms with van der Waals surface area (Å²) in [5.74, 6) is -0.404. The zero-order chi connectivity index (χ0) is 22.4. The van der Waals surface area contributed by atoms with Crippen LogP contribution in [0.3, 0.4) is 0 Å². The summed E-state index contributed by atoms with van der Waals surface area (Å²) in [4.78, 5) is 13.3. The molecule has 0 radical (unpaired) electrons. The van der Waals surface area contributed by atoms with Gasteiger partial charge in [-0.2, -0.15) is 23.4 Å². The predicted molar refractivity (Wildman–Crippen MR) is 112 cm³/mol. The van der Waals surface area contributed by atoms with Gasteiger partial charge < -0.3 is 10.2 Å². The third-order valence-electron chi connectivity index (χ3n) is 4.14. The van der Waals surface area contributed by atoms with Crippen LogP contribution in [0.15, 0.2) is 48.9 Å². The number of halogens is 5. The highest BCUT2D eigenvalue weighted by Gasteiger charge is 2.37. The number of nitrogens with zero attached hydrogens (tertiary/aromatic N) is 5. The van der Waals surface area contributed by atoms with Crippen molar-refractivity contribution in [1.29, 1.82) is 5.26 Å². The van der Waals surface area contributed by atoms with Crippen LogP contribution in [-0.4, -0.2) is 21.5 Å². The summed E-state index contributed by atoms with van der Waals surface area (Å²) in [6.07, 6.45) is -0.851. The second kappa shape index (κ2) is 9.81. The SMILES string of the molecule is N#CCCN(Cc1cccnc1)c1nc(Nc2ccc(Cl)c(Cl)c2)ncc1C(F)(F)F. The van der Waals surface area contributed by atoms with Crippen molar-refractivity contribution in [3.05, 3.63) is 70.1 Å². The van der Waals surface area contributed by atoms with Gasteiger partial charge >= 0.3 is 6.18 Å². The largest absolute Gasteiger partial charge is 0.421 e. The third-order valence-corrected chi connectivity index (χ3v) is 4.88. The molecular weight excluding hydrogens is 452 g/mol. The van der Waals surface area contributed by atoms with Crippen molar-refractivity contribution in [3.63, 3.8) is 0 Å². The van der Waals surface area contributed by atoms with Gasteiger partial charge in [-0.05, 0) is 29.8 Å². The third kappa shape index (κ3) is 5.96. The fraction of sp³-hybridized carbons (Fsp3) is 0.200. The molecule has 160 valence electrons. The first-order chi connectivity index (χ1) is 14.8. The zero-order valence-electron chi connectivity index (χ0n) is 15.9. The predicted octanol–water partition coefficient (Wildman–Crippen LogP) is 5.86. The molecule has 0 aliphatic heterocycles. The molecule has 0 spiro atoms. The lowest BCUT2D eigenvalue weighted by atomic mass is 10.2. The molecular formula is C20H15Cl2F3N6. The molecule has 0 aliphatic carbocycles. The number of rotatable bonds is 7. The van der Waals surface area contributed by atoms with Gasteiger partial charge in [-0.25, -0.2) is 4.98 Å². The van der Waals surface area contributed by atoms with Gasteiger partial charge in [-0.3, -0.25) is 4.98 Å². The molecule has 1 N–H and O–H groups in total. The average Bonchev–Trinajstić information content (AvgIpc) is 2.73. The molecule has 0 saturated heterocycles. The molecule has 11 heteroatoms. The van der Waals surface area contributed by atoms with Gasteiger partial charge in [0, 0.05) is 37.4 Å². The summed E-state index contributed by atoms with van der Waals surface area (Å²) in [6, 6.07) is 10.0. The summed E-state index contributed by atoms with van der Waals surface area (Å²) in [5, 5.41) is 12.4. The average molecular weight is 467 g/mol. The Kier molecular flexibility index (Phi) is 7.15. The number of pyridine rings is 1. The zero-order valence-corrected chi connectivity index (χ0v) is 17.4. The van der Waals surface area contributed by atoms with Gasteiger partial charge in [-0.15, -0.1) is 0 Å². The number of nitriles is 1. The van der Waals surface area contributed by atoms with E-state index in [1.54, 1.807) is 36.7 Å². The van der Waals surface area contributed by atoms with E-state index in [1.165, 1.54) is 11.0 Å². The van der Waals surface area contributed by atoms with Crippen LogP contribution in [-0.2, 0) is 12.7 Å². The first-order valence-corrected chi connectivity index (χ1v) is 9.70. The Morgan fingerprint density at radius 2 is 1.94 bits per heavy atom. The quantitative estimate of drug-likeness (QED) is 0.469. The van der Waals surface area contributed by atoms with Gasteiger partial charge in [0.15, 0.2) is 0 Å².